The Morgan fingerprint density at radius 3 is 2.29 bits per heavy atom. The molecule has 2 heterocycles. The average Bonchev–Trinajstić information content (AvgIpc) is 3.30. The Bertz CT molecular complexity index is 1100. The molecule has 0 saturated carbocycles. The summed E-state index contributed by atoms with van der Waals surface area (Å²) in [5, 5.41) is 9.65. The highest BCUT2D eigenvalue weighted by atomic mass is 35.5. The number of benzene rings is 2. The first-order valence-electron chi connectivity index (χ1n) is 10.1. The summed E-state index contributed by atoms with van der Waals surface area (Å²) < 4.78 is 5.22. The highest BCUT2D eigenvalue weighted by molar-refractivity contribution is 6.33. The number of carboxylic acid groups (broad SMARTS) is 1. The van der Waals surface area contributed by atoms with Gasteiger partial charge in [0.1, 0.15) is 0 Å². The minimum atomic E-state index is -1.12. The van der Waals surface area contributed by atoms with Crippen molar-refractivity contribution in [2.75, 3.05) is 36.0 Å². The zero-order valence-electron chi connectivity index (χ0n) is 17.2. The van der Waals surface area contributed by atoms with Crippen LogP contribution in [-0.2, 0) is 6.42 Å². The van der Waals surface area contributed by atoms with Crippen LogP contribution < -0.4 is 9.80 Å². The van der Waals surface area contributed by atoms with Gasteiger partial charge >= 0.3 is 5.97 Å². The van der Waals surface area contributed by atoms with Gasteiger partial charge in [-0.2, -0.15) is 0 Å². The van der Waals surface area contributed by atoms with Gasteiger partial charge in [0.05, 0.1) is 16.8 Å². The fourth-order valence-electron chi connectivity index (χ4n) is 4.01. The number of Topliss-reactive ketones (excluding diaryl/α,β-unsaturated/α-hetero) is 1. The van der Waals surface area contributed by atoms with Crippen LogP contribution in [0.3, 0.4) is 0 Å². The fourth-order valence-corrected chi connectivity index (χ4v) is 4.25. The van der Waals surface area contributed by atoms with Crippen LogP contribution in [0.4, 0.5) is 11.4 Å². The van der Waals surface area contributed by atoms with E-state index in [0.717, 1.165) is 31.9 Å². The molecule has 0 bridgehead atoms. The lowest BCUT2D eigenvalue weighted by Gasteiger charge is -2.39. The van der Waals surface area contributed by atoms with Crippen molar-refractivity contribution < 1.29 is 19.1 Å². The third-order valence-corrected chi connectivity index (χ3v) is 5.93. The molecule has 4 rings (SSSR count). The van der Waals surface area contributed by atoms with Crippen LogP contribution in [0, 0.1) is 6.92 Å². The van der Waals surface area contributed by atoms with E-state index in [4.69, 9.17) is 16.0 Å². The summed E-state index contributed by atoms with van der Waals surface area (Å²) in [6.07, 6.45) is 1.49. The molecule has 6 nitrogen and oxygen atoms in total. The molecule has 7 heteroatoms. The van der Waals surface area contributed by atoms with Crippen LogP contribution >= 0.6 is 11.6 Å². The quantitative estimate of drug-likeness (QED) is 0.563. The lowest BCUT2D eigenvalue weighted by Crippen LogP contribution is -2.47. The van der Waals surface area contributed by atoms with Gasteiger partial charge in [-0.1, -0.05) is 29.8 Å². The summed E-state index contributed by atoms with van der Waals surface area (Å²) in [7, 11) is 0. The molecule has 2 aromatic carbocycles. The molecule has 1 fully saturated rings. The normalized spacial score (nSPS) is 14.0. The molecule has 1 aliphatic heterocycles. The van der Waals surface area contributed by atoms with Crippen molar-refractivity contribution in [3.63, 3.8) is 0 Å². The molecule has 31 heavy (non-hydrogen) atoms. The summed E-state index contributed by atoms with van der Waals surface area (Å²) in [6.45, 7) is 5.20. The maximum Gasteiger partial charge on any atom is 0.337 e. The van der Waals surface area contributed by atoms with Crippen LogP contribution in [0.15, 0.2) is 59.2 Å². The highest BCUT2D eigenvalue weighted by Crippen LogP contribution is 2.31. The van der Waals surface area contributed by atoms with Crippen LogP contribution in [0.5, 0.6) is 0 Å². The van der Waals surface area contributed by atoms with E-state index in [0.29, 0.717) is 5.56 Å². The monoisotopic (exact) mass is 438 g/mol. The lowest BCUT2D eigenvalue weighted by molar-refractivity contribution is 0.0696. The van der Waals surface area contributed by atoms with E-state index in [1.54, 1.807) is 18.2 Å². The molecular weight excluding hydrogens is 416 g/mol. The van der Waals surface area contributed by atoms with Gasteiger partial charge in [-0.15, -0.1) is 0 Å². The average molecular weight is 439 g/mol. The van der Waals surface area contributed by atoms with Crippen LogP contribution in [0.25, 0.3) is 0 Å². The van der Waals surface area contributed by atoms with Crippen molar-refractivity contribution in [2.45, 2.75) is 13.3 Å². The molecule has 1 saturated heterocycles. The van der Waals surface area contributed by atoms with Crippen LogP contribution in [-0.4, -0.2) is 43.0 Å². The minimum Gasteiger partial charge on any atom is -0.478 e. The Kier molecular flexibility index (Phi) is 6.00. The number of ketones is 1. The van der Waals surface area contributed by atoms with E-state index in [-0.39, 0.29) is 28.6 Å². The van der Waals surface area contributed by atoms with Gasteiger partial charge in [-0.25, -0.2) is 4.79 Å². The first-order valence-corrected chi connectivity index (χ1v) is 10.5. The summed E-state index contributed by atoms with van der Waals surface area (Å²) in [5.41, 5.74) is 3.86. The molecule has 0 aliphatic carbocycles. The number of hydrogen-bond donors (Lipinski definition) is 1. The lowest BCUT2D eigenvalue weighted by atomic mass is 10.0. The Morgan fingerprint density at radius 2 is 1.68 bits per heavy atom. The van der Waals surface area contributed by atoms with E-state index >= 15 is 0 Å². The van der Waals surface area contributed by atoms with Gasteiger partial charge in [0.15, 0.2) is 5.76 Å². The Balaban J connectivity index is 1.60. The molecule has 160 valence electrons. The van der Waals surface area contributed by atoms with E-state index in [2.05, 4.69) is 28.9 Å². The first-order chi connectivity index (χ1) is 14.9. The zero-order chi connectivity index (χ0) is 22.0. The van der Waals surface area contributed by atoms with Gasteiger partial charge < -0.3 is 19.3 Å². The number of aryl methyl sites for hydroxylation is 1. The Hall–Kier alpha value is -3.25. The number of aromatic carboxylic acids is 1. The SMILES string of the molecule is Cc1ccccc1N1CCN(c2cc(Cl)c(C(=O)O)cc2CC(=O)c2ccco2)CC1. The summed E-state index contributed by atoms with van der Waals surface area (Å²) in [4.78, 5) is 28.8. The number of piperazine rings is 1. The summed E-state index contributed by atoms with van der Waals surface area (Å²) >= 11 is 6.28. The number of hydrogen-bond acceptors (Lipinski definition) is 5. The van der Waals surface area contributed by atoms with Gasteiger partial charge in [0.25, 0.3) is 0 Å². The van der Waals surface area contributed by atoms with Crippen molar-refractivity contribution in [1.82, 2.24) is 0 Å². The Labute approximate surface area is 185 Å². The standard InChI is InChI=1S/C24H23ClN2O4/c1-16-5-2-3-6-20(16)26-8-10-27(11-9-26)21-15-19(25)18(24(29)30)13-17(21)14-22(28)23-7-4-12-31-23/h2-7,12-13,15H,8-11,14H2,1H3,(H,29,30). The molecule has 0 unspecified atom stereocenters. The number of rotatable bonds is 6. The molecular formula is C24H23ClN2O4. The number of furan rings is 1. The molecule has 3 aromatic rings. The van der Waals surface area contributed by atoms with Crippen LogP contribution in [0.1, 0.15) is 32.0 Å². The topological polar surface area (TPSA) is 74.0 Å². The first kappa shape index (κ1) is 21.0. The second-order valence-electron chi connectivity index (χ2n) is 7.60. The van der Waals surface area contributed by atoms with Crippen molar-refractivity contribution in [3.8, 4) is 0 Å². The van der Waals surface area contributed by atoms with E-state index in [9.17, 15) is 14.7 Å². The molecule has 1 aliphatic rings. The van der Waals surface area contributed by atoms with Gasteiger partial charge in [-0.3, -0.25) is 4.79 Å². The van der Waals surface area contributed by atoms with Gasteiger partial charge in [0.2, 0.25) is 5.78 Å². The summed E-state index contributed by atoms with van der Waals surface area (Å²) in [5.74, 6) is -1.07. The van der Waals surface area contributed by atoms with E-state index in [1.807, 2.05) is 12.1 Å². The molecule has 1 N–H and O–H groups in total. The van der Waals surface area contributed by atoms with E-state index in [1.165, 1.54) is 23.6 Å². The van der Waals surface area contributed by atoms with Crippen molar-refractivity contribution in [3.05, 3.63) is 82.3 Å². The molecule has 1 aromatic heterocycles. The van der Waals surface area contributed by atoms with Gasteiger partial charge in [0, 0.05) is 44.0 Å². The molecule has 0 spiro atoms. The van der Waals surface area contributed by atoms with Crippen LogP contribution in [0.2, 0.25) is 5.02 Å². The molecule has 0 atom stereocenters. The fraction of sp³-hybridized carbons (Fsp3) is 0.250. The largest absolute Gasteiger partial charge is 0.478 e. The maximum atomic E-state index is 12.6. The number of carbonyl (C=O) groups is 2. The number of nitrogens with zero attached hydrogens (tertiary/aromatic N) is 2. The second-order valence-corrected chi connectivity index (χ2v) is 8.01. The van der Waals surface area contributed by atoms with E-state index < -0.39 is 5.97 Å². The maximum absolute atomic E-state index is 12.6. The number of halogens is 1. The van der Waals surface area contributed by atoms with Gasteiger partial charge in [-0.05, 0) is 48.4 Å². The number of carboxylic acids is 1. The predicted octanol–water partition coefficient (Wildman–Crippen LogP) is 4.69. The smallest absolute Gasteiger partial charge is 0.337 e. The zero-order valence-corrected chi connectivity index (χ0v) is 17.9. The Morgan fingerprint density at radius 1 is 1.00 bits per heavy atom. The number of carbonyl (C=O) groups excluding carboxylic acids is 1. The van der Waals surface area contributed by atoms with Crippen molar-refractivity contribution in [1.29, 1.82) is 0 Å². The minimum absolute atomic E-state index is 0.00814. The molecule has 0 amide bonds. The predicted molar refractivity (Wildman–Crippen MR) is 121 cm³/mol. The second kappa shape index (κ2) is 8.86. The number of anilines is 2. The highest BCUT2D eigenvalue weighted by Gasteiger charge is 2.24. The third-order valence-electron chi connectivity index (χ3n) is 5.62. The molecule has 0 radical (unpaired) electrons. The number of para-hydroxylation sites is 1. The van der Waals surface area contributed by atoms with Crippen molar-refractivity contribution >= 4 is 34.7 Å². The third kappa shape index (κ3) is 4.44. The van der Waals surface area contributed by atoms with Crippen molar-refractivity contribution in [2.24, 2.45) is 0 Å². The summed E-state index contributed by atoms with van der Waals surface area (Å²) in [6, 6.07) is 14.7.